The average molecular weight is 450 g/mol. The summed E-state index contributed by atoms with van der Waals surface area (Å²) in [6.45, 7) is 2.78. The maximum Gasteiger partial charge on any atom is 0.325 e. The van der Waals surface area contributed by atoms with Crippen LogP contribution in [0, 0.1) is 0 Å². The van der Waals surface area contributed by atoms with Gasteiger partial charge in [0.15, 0.2) is 0 Å². The summed E-state index contributed by atoms with van der Waals surface area (Å²) < 4.78 is 5.53. The molecule has 0 radical (unpaired) electrons. The Hall–Kier alpha value is -3.35. The molecule has 1 saturated heterocycles. The highest BCUT2D eigenvalue weighted by Gasteiger charge is 2.52. The number of imide groups is 1. The first-order valence-electron chi connectivity index (χ1n) is 11.7. The first-order valence-corrected chi connectivity index (χ1v) is 11.7. The highest BCUT2D eigenvalue weighted by atomic mass is 16.5. The molecule has 1 spiro atoms. The van der Waals surface area contributed by atoms with E-state index in [1.54, 1.807) is 0 Å². The Morgan fingerprint density at radius 2 is 1.73 bits per heavy atom. The second-order valence-corrected chi connectivity index (χ2v) is 8.69. The lowest BCUT2D eigenvalue weighted by atomic mass is 9.98. The molecule has 7 nitrogen and oxygen atoms in total. The second-order valence-electron chi connectivity index (χ2n) is 8.69. The molecule has 33 heavy (non-hydrogen) atoms. The highest BCUT2D eigenvalue weighted by Crippen LogP contribution is 2.35. The van der Waals surface area contributed by atoms with Crippen molar-refractivity contribution in [2.24, 2.45) is 0 Å². The van der Waals surface area contributed by atoms with Gasteiger partial charge < -0.3 is 15.4 Å². The van der Waals surface area contributed by atoms with E-state index in [4.69, 9.17) is 4.74 Å². The van der Waals surface area contributed by atoms with Crippen LogP contribution in [0.1, 0.15) is 62.6 Å². The van der Waals surface area contributed by atoms with E-state index >= 15 is 0 Å². The van der Waals surface area contributed by atoms with E-state index in [0.29, 0.717) is 25.9 Å². The van der Waals surface area contributed by atoms with Gasteiger partial charge in [0.25, 0.3) is 5.91 Å². The normalized spacial score (nSPS) is 17.8. The van der Waals surface area contributed by atoms with Crippen molar-refractivity contribution < 1.29 is 19.1 Å². The van der Waals surface area contributed by atoms with Gasteiger partial charge in [-0.25, -0.2) is 4.79 Å². The lowest BCUT2D eigenvalue weighted by Crippen LogP contribution is -2.44. The van der Waals surface area contributed by atoms with Crippen LogP contribution in [-0.2, 0) is 9.59 Å². The zero-order valence-electron chi connectivity index (χ0n) is 19.0. The summed E-state index contributed by atoms with van der Waals surface area (Å²) in [4.78, 5) is 39.2. The molecule has 1 heterocycles. The fourth-order valence-electron chi connectivity index (χ4n) is 4.76. The van der Waals surface area contributed by atoms with Gasteiger partial charge in [-0.05, 0) is 49.4 Å². The van der Waals surface area contributed by atoms with E-state index in [0.717, 1.165) is 29.7 Å². The quantitative estimate of drug-likeness (QED) is 0.568. The summed E-state index contributed by atoms with van der Waals surface area (Å²) in [6.07, 6.45) is 3.96. The van der Waals surface area contributed by atoms with Crippen molar-refractivity contribution in [3.05, 3.63) is 65.7 Å². The standard InChI is InChI=1S/C26H31N3O4/c1-2-33-21-14-12-20(13-15-21)23(19-9-4-3-5-10-19)27-22(30)11-8-18-29-24(31)26(28-25(29)32)16-6-7-17-26/h3-5,9-10,12-15,23H,2,6-8,11,16-18H2,1H3,(H,27,30)(H,28,32). The molecule has 4 amide bonds. The molecular weight excluding hydrogens is 418 g/mol. The van der Waals surface area contributed by atoms with Crippen LogP contribution >= 0.6 is 0 Å². The summed E-state index contributed by atoms with van der Waals surface area (Å²) in [5, 5.41) is 6.00. The molecule has 1 saturated carbocycles. The van der Waals surface area contributed by atoms with Crippen molar-refractivity contribution in [2.45, 2.75) is 57.0 Å². The molecule has 7 heteroatoms. The fraction of sp³-hybridized carbons (Fsp3) is 0.423. The van der Waals surface area contributed by atoms with Gasteiger partial charge in [0.05, 0.1) is 12.6 Å². The number of hydrogen-bond acceptors (Lipinski definition) is 4. The van der Waals surface area contributed by atoms with Crippen molar-refractivity contribution in [1.29, 1.82) is 0 Å². The number of carbonyl (C=O) groups is 3. The SMILES string of the molecule is CCOc1ccc(C(NC(=O)CCCN2C(=O)NC3(CCCC3)C2=O)c2ccccc2)cc1. The lowest BCUT2D eigenvalue weighted by Gasteiger charge is -2.21. The minimum Gasteiger partial charge on any atom is -0.494 e. The number of urea groups is 1. The molecule has 2 N–H and O–H groups in total. The van der Waals surface area contributed by atoms with Gasteiger partial charge in [0.1, 0.15) is 11.3 Å². The summed E-state index contributed by atoms with van der Waals surface area (Å²) in [5.41, 5.74) is 1.23. The van der Waals surface area contributed by atoms with Crippen LogP contribution in [0.25, 0.3) is 0 Å². The van der Waals surface area contributed by atoms with E-state index in [1.165, 1.54) is 4.90 Å². The fourth-order valence-corrected chi connectivity index (χ4v) is 4.76. The number of rotatable bonds is 9. The average Bonchev–Trinajstić information content (AvgIpc) is 3.39. The Morgan fingerprint density at radius 1 is 1.06 bits per heavy atom. The number of carbonyl (C=O) groups excluding carboxylic acids is 3. The molecule has 2 fully saturated rings. The van der Waals surface area contributed by atoms with Crippen molar-refractivity contribution >= 4 is 17.8 Å². The molecule has 2 aromatic rings. The van der Waals surface area contributed by atoms with Crippen LogP contribution in [0.3, 0.4) is 0 Å². The van der Waals surface area contributed by atoms with E-state index in [1.807, 2.05) is 61.5 Å². The topological polar surface area (TPSA) is 87.7 Å². The van der Waals surface area contributed by atoms with Crippen molar-refractivity contribution in [2.75, 3.05) is 13.2 Å². The summed E-state index contributed by atoms with van der Waals surface area (Å²) in [5.74, 6) is 0.523. The smallest absolute Gasteiger partial charge is 0.325 e. The largest absolute Gasteiger partial charge is 0.494 e. The lowest BCUT2D eigenvalue weighted by molar-refractivity contribution is -0.131. The van der Waals surface area contributed by atoms with E-state index in [9.17, 15) is 14.4 Å². The number of hydrogen-bond donors (Lipinski definition) is 2. The Kier molecular flexibility index (Phi) is 6.96. The zero-order valence-corrected chi connectivity index (χ0v) is 19.0. The Bertz CT molecular complexity index is 984. The van der Waals surface area contributed by atoms with E-state index < -0.39 is 5.54 Å². The number of benzene rings is 2. The molecule has 0 aromatic heterocycles. The first kappa shape index (κ1) is 22.8. The van der Waals surface area contributed by atoms with E-state index in [2.05, 4.69) is 10.6 Å². The van der Waals surface area contributed by atoms with Gasteiger partial charge in [-0.3, -0.25) is 14.5 Å². The molecule has 174 valence electrons. The summed E-state index contributed by atoms with van der Waals surface area (Å²) >= 11 is 0. The predicted octanol–water partition coefficient (Wildman–Crippen LogP) is 3.94. The van der Waals surface area contributed by atoms with Gasteiger partial charge in [0, 0.05) is 13.0 Å². The first-order chi connectivity index (χ1) is 16.0. The molecular formula is C26H31N3O4. The van der Waals surface area contributed by atoms with Crippen LogP contribution in [0.4, 0.5) is 4.79 Å². The summed E-state index contributed by atoms with van der Waals surface area (Å²) in [6, 6.07) is 16.9. The molecule has 4 rings (SSSR count). The third-order valence-corrected chi connectivity index (χ3v) is 6.45. The number of ether oxygens (including phenoxy) is 1. The molecule has 1 aliphatic heterocycles. The summed E-state index contributed by atoms with van der Waals surface area (Å²) in [7, 11) is 0. The molecule has 2 aliphatic rings. The predicted molar refractivity (Wildman–Crippen MR) is 125 cm³/mol. The molecule has 1 aliphatic carbocycles. The van der Waals surface area contributed by atoms with Crippen molar-refractivity contribution in [1.82, 2.24) is 15.5 Å². The molecule has 1 unspecified atom stereocenters. The minimum absolute atomic E-state index is 0.125. The zero-order chi connectivity index (χ0) is 23.3. The number of nitrogens with one attached hydrogen (secondary N) is 2. The maximum atomic E-state index is 12.8. The van der Waals surface area contributed by atoms with Gasteiger partial charge in [-0.2, -0.15) is 0 Å². The molecule has 1 atom stereocenters. The number of nitrogens with zero attached hydrogens (tertiary/aromatic N) is 1. The van der Waals surface area contributed by atoms with Gasteiger partial charge >= 0.3 is 6.03 Å². The van der Waals surface area contributed by atoms with Gasteiger partial charge in [-0.15, -0.1) is 0 Å². The van der Waals surface area contributed by atoms with Crippen molar-refractivity contribution in [3.63, 3.8) is 0 Å². The van der Waals surface area contributed by atoms with Crippen LogP contribution < -0.4 is 15.4 Å². The molecule has 0 bridgehead atoms. The Morgan fingerprint density at radius 3 is 2.39 bits per heavy atom. The number of amides is 4. The Balaban J connectivity index is 1.37. The van der Waals surface area contributed by atoms with Gasteiger partial charge in [0.2, 0.25) is 5.91 Å². The third-order valence-electron chi connectivity index (χ3n) is 6.45. The van der Waals surface area contributed by atoms with Gasteiger partial charge in [-0.1, -0.05) is 55.3 Å². The van der Waals surface area contributed by atoms with Crippen LogP contribution in [-0.4, -0.2) is 41.4 Å². The Labute approximate surface area is 194 Å². The van der Waals surface area contributed by atoms with Crippen LogP contribution in [0.15, 0.2) is 54.6 Å². The van der Waals surface area contributed by atoms with Crippen LogP contribution in [0.5, 0.6) is 5.75 Å². The van der Waals surface area contributed by atoms with Crippen LogP contribution in [0.2, 0.25) is 0 Å². The highest BCUT2D eigenvalue weighted by molar-refractivity contribution is 6.07. The third kappa shape index (κ3) is 5.02. The van der Waals surface area contributed by atoms with E-state index in [-0.39, 0.29) is 36.9 Å². The second kappa shape index (κ2) is 10.1. The minimum atomic E-state index is -0.703. The monoisotopic (exact) mass is 449 g/mol. The maximum absolute atomic E-state index is 12.8. The molecule has 2 aromatic carbocycles. The van der Waals surface area contributed by atoms with Crippen molar-refractivity contribution in [3.8, 4) is 5.75 Å².